The predicted molar refractivity (Wildman–Crippen MR) is 83.5 cm³/mol. The maximum Gasteiger partial charge on any atom is 0.323 e. The fourth-order valence-electron chi connectivity index (χ4n) is 1.84. The molecule has 0 aliphatic rings. The van der Waals surface area contributed by atoms with Crippen molar-refractivity contribution in [3.8, 4) is 6.07 Å². The smallest absolute Gasteiger partial charge is 0.314 e. The molecule has 0 bridgehead atoms. The summed E-state index contributed by atoms with van der Waals surface area (Å²) in [5.74, 6) is 0. The van der Waals surface area contributed by atoms with Crippen LogP contribution in [0.5, 0.6) is 0 Å². The molecule has 0 atom stereocenters. The normalized spacial score (nSPS) is 10.1. The monoisotopic (exact) mass is 277 g/mol. The lowest BCUT2D eigenvalue weighted by Crippen LogP contribution is -2.24. The van der Waals surface area contributed by atoms with Crippen molar-refractivity contribution >= 4 is 17.8 Å². The molecule has 2 N–H and O–H groups in total. The second kappa shape index (κ2) is 6.92. The largest absolute Gasteiger partial charge is 0.323 e. The maximum absolute atomic E-state index is 11.8. The molecule has 2 amide bonds. The van der Waals surface area contributed by atoms with E-state index in [1.807, 2.05) is 43.3 Å². The summed E-state index contributed by atoms with van der Waals surface area (Å²) in [5.41, 5.74) is 3.08. The van der Waals surface area contributed by atoms with Crippen LogP contribution in [0.2, 0.25) is 0 Å². The van der Waals surface area contributed by atoms with Gasteiger partial charge in [-0.25, -0.2) is 4.79 Å². The van der Waals surface area contributed by atoms with E-state index in [1.165, 1.54) is 0 Å². The van der Waals surface area contributed by atoms with Crippen LogP contribution in [0.4, 0.5) is 10.5 Å². The molecule has 0 heterocycles. The van der Waals surface area contributed by atoms with Gasteiger partial charge in [-0.2, -0.15) is 5.26 Å². The van der Waals surface area contributed by atoms with Gasteiger partial charge in [0.25, 0.3) is 0 Å². The summed E-state index contributed by atoms with van der Waals surface area (Å²) >= 11 is 0. The third kappa shape index (κ3) is 4.22. The molecule has 2 aromatic rings. The molecule has 0 fully saturated rings. The highest BCUT2D eigenvalue weighted by Gasteiger charge is 2.03. The van der Waals surface area contributed by atoms with Gasteiger partial charge < -0.3 is 10.6 Å². The van der Waals surface area contributed by atoms with Crippen molar-refractivity contribution in [1.82, 2.24) is 5.32 Å². The van der Waals surface area contributed by atoms with Crippen molar-refractivity contribution in [3.05, 3.63) is 71.4 Å². The second-order valence-corrected chi connectivity index (χ2v) is 4.50. The third-order valence-corrected chi connectivity index (χ3v) is 2.83. The fraction of sp³-hybridized carbons (Fsp3) is 0.0588. The lowest BCUT2D eigenvalue weighted by atomic mass is 10.1. The summed E-state index contributed by atoms with van der Waals surface area (Å²) in [5, 5.41) is 14.2. The number of benzene rings is 2. The number of nitriles is 1. The van der Waals surface area contributed by atoms with Gasteiger partial charge in [0.1, 0.15) is 6.07 Å². The predicted octanol–water partition coefficient (Wildman–Crippen LogP) is 3.66. The summed E-state index contributed by atoms with van der Waals surface area (Å²) in [7, 11) is 0. The van der Waals surface area contributed by atoms with Gasteiger partial charge in [-0.05, 0) is 30.7 Å². The van der Waals surface area contributed by atoms with Crippen LogP contribution < -0.4 is 10.6 Å². The zero-order valence-corrected chi connectivity index (χ0v) is 11.6. The Morgan fingerprint density at radius 3 is 2.76 bits per heavy atom. The first-order valence-corrected chi connectivity index (χ1v) is 6.49. The summed E-state index contributed by atoms with van der Waals surface area (Å²) < 4.78 is 0. The first-order valence-electron chi connectivity index (χ1n) is 6.49. The number of aryl methyl sites for hydroxylation is 1. The minimum atomic E-state index is -0.387. The Morgan fingerprint density at radius 2 is 2.00 bits per heavy atom. The summed E-state index contributed by atoms with van der Waals surface area (Å²) in [4.78, 5) is 11.8. The number of hydrogen-bond acceptors (Lipinski definition) is 2. The molecule has 4 nitrogen and oxygen atoms in total. The SMILES string of the molecule is Cc1cccc(/C=C/NC(=O)Nc2ccccc2C#N)c1. The minimum Gasteiger partial charge on any atom is -0.314 e. The van der Waals surface area contributed by atoms with E-state index in [-0.39, 0.29) is 6.03 Å². The van der Waals surface area contributed by atoms with Crippen LogP contribution in [-0.4, -0.2) is 6.03 Å². The average Bonchev–Trinajstić information content (AvgIpc) is 2.48. The van der Waals surface area contributed by atoms with Gasteiger partial charge in [-0.15, -0.1) is 0 Å². The first kappa shape index (κ1) is 14.4. The van der Waals surface area contributed by atoms with E-state index >= 15 is 0 Å². The lowest BCUT2D eigenvalue weighted by molar-refractivity contribution is 0.255. The summed E-state index contributed by atoms with van der Waals surface area (Å²) in [6.45, 7) is 2.01. The van der Waals surface area contributed by atoms with E-state index in [2.05, 4.69) is 10.6 Å². The van der Waals surface area contributed by atoms with Crippen LogP contribution in [0.15, 0.2) is 54.7 Å². The van der Waals surface area contributed by atoms with Crippen LogP contribution >= 0.6 is 0 Å². The highest BCUT2D eigenvalue weighted by atomic mass is 16.2. The molecule has 2 aromatic carbocycles. The van der Waals surface area contributed by atoms with E-state index in [4.69, 9.17) is 5.26 Å². The number of para-hydroxylation sites is 1. The number of rotatable bonds is 3. The molecule has 0 spiro atoms. The molecule has 0 saturated carbocycles. The van der Waals surface area contributed by atoms with Crippen molar-refractivity contribution in [1.29, 1.82) is 5.26 Å². The molecule has 104 valence electrons. The highest BCUT2D eigenvalue weighted by molar-refractivity contribution is 5.91. The molecule has 0 aromatic heterocycles. The quantitative estimate of drug-likeness (QED) is 0.899. The summed E-state index contributed by atoms with van der Waals surface area (Å²) in [6, 6.07) is 16.4. The van der Waals surface area contributed by atoms with Crippen molar-refractivity contribution in [2.75, 3.05) is 5.32 Å². The summed E-state index contributed by atoms with van der Waals surface area (Å²) in [6.07, 6.45) is 3.38. The molecule has 4 heteroatoms. The molecule has 21 heavy (non-hydrogen) atoms. The number of nitrogens with one attached hydrogen (secondary N) is 2. The zero-order valence-electron chi connectivity index (χ0n) is 11.6. The van der Waals surface area contributed by atoms with E-state index in [0.29, 0.717) is 11.3 Å². The Balaban J connectivity index is 1.95. The number of urea groups is 1. The fourth-order valence-corrected chi connectivity index (χ4v) is 1.84. The van der Waals surface area contributed by atoms with Crippen LogP contribution in [0.3, 0.4) is 0 Å². The molecule has 0 unspecified atom stereocenters. The second-order valence-electron chi connectivity index (χ2n) is 4.50. The Morgan fingerprint density at radius 1 is 1.19 bits per heavy atom. The van der Waals surface area contributed by atoms with Crippen molar-refractivity contribution in [3.63, 3.8) is 0 Å². The molecular weight excluding hydrogens is 262 g/mol. The van der Waals surface area contributed by atoms with Gasteiger partial charge in [-0.3, -0.25) is 0 Å². The molecule has 2 rings (SSSR count). The van der Waals surface area contributed by atoms with Crippen LogP contribution in [0.25, 0.3) is 6.08 Å². The van der Waals surface area contributed by atoms with Gasteiger partial charge in [-0.1, -0.05) is 42.0 Å². The molecular formula is C17H15N3O. The van der Waals surface area contributed by atoms with E-state index < -0.39 is 0 Å². The van der Waals surface area contributed by atoms with Gasteiger partial charge in [0.15, 0.2) is 0 Å². The highest BCUT2D eigenvalue weighted by Crippen LogP contribution is 2.13. The topological polar surface area (TPSA) is 64.9 Å². The Labute approximate surface area is 123 Å². The molecule has 0 aliphatic carbocycles. The number of amides is 2. The van der Waals surface area contributed by atoms with E-state index in [1.54, 1.807) is 30.5 Å². The number of nitrogens with zero attached hydrogens (tertiary/aromatic N) is 1. The van der Waals surface area contributed by atoms with E-state index in [0.717, 1.165) is 11.1 Å². The van der Waals surface area contributed by atoms with Gasteiger partial charge in [0.05, 0.1) is 11.3 Å². The van der Waals surface area contributed by atoms with Gasteiger partial charge in [0, 0.05) is 6.20 Å². The van der Waals surface area contributed by atoms with Crippen molar-refractivity contribution < 1.29 is 4.79 Å². The van der Waals surface area contributed by atoms with Crippen LogP contribution in [0.1, 0.15) is 16.7 Å². The van der Waals surface area contributed by atoms with Crippen LogP contribution in [-0.2, 0) is 0 Å². The Kier molecular flexibility index (Phi) is 4.73. The lowest BCUT2D eigenvalue weighted by Gasteiger charge is -2.05. The van der Waals surface area contributed by atoms with Gasteiger partial charge in [0.2, 0.25) is 0 Å². The molecule has 0 radical (unpaired) electrons. The van der Waals surface area contributed by atoms with Crippen molar-refractivity contribution in [2.24, 2.45) is 0 Å². The molecule has 0 saturated heterocycles. The van der Waals surface area contributed by atoms with Crippen molar-refractivity contribution in [2.45, 2.75) is 6.92 Å². The first-order chi connectivity index (χ1) is 10.2. The average molecular weight is 277 g/mol. The number of anilines is 1. The standard InChI is InChI=1S/C17H15N3O/c1-13-5-4-6-14(11-13)9-10-19-17(21)20-16-8-3-2-7-15(16)12-18/h2-11H,1H3,(H2,19,20,21)/b10-9+. The minimum absolute atomic E-state index is 0.387. The Hall–Kier alpha value is -3.06. The van der Waals surface area contributed by atoms with Gasteiger partial charge >= 0.3 is 6.03 Å². The number of hydrogen-bond donors (Lipinski definition) is 2. The Bertz CT molecular complexity index is 714. The van der Waals surface area contributed by atoms with E-state index in [9.17, 15) is 4.79 Å². The number of carbonyl (C=O) groups excluding carboxylic acids is 1. The third-order valence-electron chi connectivity index (χ3n) is 2.83. The molecule has 0 aliphatic heterocycles. The number of carbonyl (C=O) groups is 1. The maximum atomic E-state index is 11.8. The van der Waals surface area contributed by atoms with Crippen LogP contribution in [0, 0.1) is 18.3 Å². The zero-order chi connectivity index (χ0) is 15.1.